The molecule has 0 saturated heterocycles. The summed E-state index contributed by atoms with van der Waals surface area (Å²) in [6.45, 7) is 6.22. The molecule has 0 unspecified atom stereocenters. The third-order valence-electron chi connectivity index (χ3n) is 3.63. The SMILES string of the molecule is CC/C=C(/C)C=N.CC1=Cc2sc3ccccc3c2CC1. The second-order valence-corrected chi connectivity index (χ2v) is 6.52. The molecule has 110 valence electrons. The number of hydrogen-bond acceptors (Lipinski definition) is 2. The summed E-state index contributed by atoms with van der Waals surface area (Å²) in [6, 6.07) is 8.74. The van der Waals surface area contributed by atoms with Crippen molar-refractivity contribution in [2.45, 2.75) is 40.0 Å². The highest BCUT2D eigenvalue weighted by molar-refractivity contribution is 7.20. The lowest BCUT2D eigenvalue weighted by molar-refractivity contribution is 0.943. The summed E-state index contributed by atoms with van der Waals surface area (Å²) in [5.74, 6) is 0. The third-order valence-corrected chi connectivity index (χ3v) is 4.79. The van der Waals surface area contributed by atoms with Crippen LogP contribution in [-0.2, 0) is 6.42 Å². The van der Waals surface area contributed by atoms with Gasteiger partial charge in [-0.3, -0.25) is 0 Å². The summed E-state index contributed by atoms with van der Waals surface area (Å²) < 4.78 is 1.43. The Hall–Kier alpha value is -1.67. The first-order valence-corrected chi connectivity index (χ1v) is 8.32. The number of benzene rings is 1. The summed E-state index contributed by atoms with van der Waals surface area (Å²) >= 11 is 1.93. The Morgan fingerprint density at radius 1 is 1.29 bits per heavy atom. The molecule has 1 N–H and O–H groups in total. The first-order chi connectivity index (χ1) is 10.2. The Labute approximate surface area is 131 Å². The molecule has 2 heteroatoms. The predicted molar refractivity (Wildman–Crippen MR) is 96.6 cm³/mol. The van der Waals surface area contributed by atoms with Gasteiger partial charge >= 0.3 is 0 Å². The van der Waals surface area contributed by atoms with Crippen LogP contribution in [0.1, 0.15) is 44.1 Å². The quantitative estimate of drug-likeness (QED) is 0.634. The molecule has 0 aliphatic heterocycles. The molecule has 0 saturated carbocycles. The normalized spacial score (nSPS) is 14.0. The van der Waals surface area contributed by atoms with Crippen molar-refractivity contribution < 1.29 is 0 Å². The molecule has 1 aliphatic rings. The van der Waals surface area contributed by atoms with E-state index in [1.165, 1.54) is 39.6 Å². The first kappa shape index (κ1) is 15.7. The molecule has 2 aromatic rings. The first-order valence-electron chi connectivity index (χ1n) is 7.50. The molecular formula is C19H23NS. The molecule has 1 aromatic carbocycles. The molecule has 0 amide bonds. The lowest BCUT2D eigenvalue weighted by Crippen LogP contribution is -1.93. The van der Waals surface area contributed by atoms with Crippen LogP contribution < -0.4 is 0 Å². The van der Waals surface area contributed by atoms with Crippen LogP contribution in [-0.4, -0.2) is 6.21 Å². The molecule has 21 heavy (non-hydrogen) atoms. The van der Waals surface area contributed by atoms with Gasteiger partial charge in [-0.25, -0.2) is 0 Å². The fourth-order valence-electron chi connectivity index (χ4n) is 2.49. The van der Waals surface area contributed by atoms with Crippen LogP contribution >= 0.6 is 11.3 Å². The summed E-state index contributed by atoms with van der Waals surface area (Å²) in [5.41, 5.74) is 4.13. The molecule has 0 radical (unpaired) electrons. The van der Waals surface area contributed by atoms with Crippen molar-refractivity contribution in [2.75, 3.05) is 0 Å². The molecule has 1 aromatic heterocycles. The van der Waals surface area contributed by atoms with Crippen molar-refractivity contribution in [3.63, 3.8) is 0 Å². The van der Waals surface area contributed by atoms with Crippen LogP contribution in [0.2, 0.25) is 0 Å². The molecular weight excluding hydrogens is 274 g/mol. The number of allylic oxidation sites excluding steroid dienone is 3. The molecule has 3 rings (SSSR count). The van der Waals surface area contributed by atoms with E-state index in [0.717, 1.165) is 12.0 Å². The highest BCUT2D eigenvalue weighted by Gasteiger charge is 2.13. The van der Waals surface area contributed by atoms with Crippen molar-refractivity contribution in [1.29, 1.82) is 5.41 Å². The molecule has 0 spiro atoms. The van der Waals surface area contributed by atoms with Gasteiger partial charge < -0.3 is 5.41 Å². The molecule has 1 heterocycles. The average Bonchev–Trinajstić information content (AvgIpc) is 2.85. The van der Waals surface area contributed by atoms with E-state index in [-0.39, 0.29) is 0 Å². The van der Waals surface area contributed by atoms with E-state index in [1.807, 2.05) is 24.3 Å². The Kier molecular flexibility index (Phi) is 5.51. The number of thiophene rings is 1. The summed E-state index contributed by atoms with van der Waals surface area (Å²) in [4.78, 5) is 1.48. The van der Waals surface area contributed by atoms with Crippen LogP contribution in [0.25, 0.3) is 16.2 Å². The Bertz CT molecular complexity index is 689. The van der Waals surface area contributed by atoms with E-state index in [4.69, 9.17) is 5.41 Å². The maximum atomic E-state index is 6.72. The van der Waals surface area contributed by atoms with Gasteiger partial charge in [0.1, 0.15) is 0 Å². The Morgan fingerprint density at radius 2 is 2.05 bits per heavy atom. The van der Waals surface area contributed by atoms with Gasteiger partial charge in [0.15, 0.2) is 0 Å². The zero-order chi connectivity index (χ0) is 15.2. The summed E-state index contributed by atoms with van der Waals surface area (Å²) in [6.07, 6.45) is 9.22. The van der Waals surface area contributed by atoms with E-state index in [9.17, 15) is 0 Å². The second kappa shape index (κ2) is 7.37. The summed E-state index contributed by atoms with van der Waals surface area (Å²) in [5, 5.41) is 8.19. The fraction of sp³-hybridized carbons (Fsp3) is 0.316. The molecule has 0 bridgehead atoms. The van der Waals surface area contributed by atoms with Gasteiger partial charge in [0.2, 0.25) is 0 Å². The van der Waals surface area contributed by atoms with Crippen molar-refractivity contribution in [3.8, 4) is 0 Å². The minimum Gasteiger partial charge on any atom is -0.308 e. The predicted octanol–water partition coefficient (Wildman–Crippen LogP) is 6.24. The van der Waals surface area contributed by atoms with Crippen molar-refractivity contribution in [3.05, 3.63) is 51.9 Å². The van der Waals surface area contributed by atoms with Crippen molar-refractivity contribution in [2.24, 2.45) is 0 Å². The number of aryl methyl sites for hydroxylation is 1. The standard InChI is InChI=1S/C13H12S.C6H11N/c1-9-6-7-11-10-4-2-3-5-12(10)14-13(11)8-9;1-3-4-6(2)5-7/h2-5,8H,6-7H2,1H3;4-5,7H,3H2,1-2H3/b;6-4-,7-5?. The Balaban J connectivity index is 0.000000199. The van der Waals surface area contributed by atoms with Gasteiger partial charge in [0, 0.05) is 15.8 Å². The van der Waals surface area contributed by atoms with Gasteiger partial charge in [-0.2, -0.15) is 0 Å². The second-order valence-electron chi connectivity index (χ2n) is 5.43. The van der Waals surface area contributed by atoms with Crippen LogP contribution in [0.4, 0.5) is 0 Å². The van der Waals surface area contributed by atoms with Crippen LogP contribution in [0, 0.1) is 5.41 Å². The molecule has 0 fully saturated rings. The number of rotatable bonds is 2. The van der Waals surface area contributed by atoms with Crippen molar-refractivity contribution >= 4 is 33.7 Å². The summed E-state index contributed by atoms with van der Waals surface area (Å²) in [7, 11) is 0. The van der Waals surface area contributed by atoms with Crippen LogP contribution in [0.15, 0.2) is 41.5 Å². The molecule has 1 aliphatic carbocycles. The van der Waals surface area contributed by atoms with E-state index >= 15 is 0 Å². The molecule has 1 nitrogen and oxygen atoms in total. The van der Waals surface area contributed by atoms with E-state index in [2.05, 4.69) is 44.2 Å². The third kappa shape index (κ3) is 3.92. The maximum absolute atomic E-state index is 6.72. The number of fused-ring (bicyclic) bond motifs is 3. The largest absolute Gasteiger partial charge is 0.308 e. The highest BCUT2D eigenvalue weighted by Crippen LogP contribution is 2.36. The van der Waals surface area contributed by atoms with Gasteiger partial charge in [0.25, 0.3) is 0 Å². The smallest absolute Gasteiger partial charge is 0.0352 e. The minimum absolute atomic E-state index is 1.03. The van der Waals surface area contributed by atoms with E-state index < -0.39 is 0 Å². The lowest BCUT2D eigenvalue weighted by Gasteiger charge is -2.09. The van der Waals surface area contributed by atoms with Crippen molar-refractivity contribution in [1.82, 2.24) is 0 Å². The maximum Gasteiger partial charge on any atom is 0.0352 e. The lowest BCUT2D eigenvalue weighted by atomic mass is 9.97. The van der Waals surface area contributed by atoms with Gasteiger partial charge in [-0.05, 0) is 61.8 Å². The van der Waals surface area contributed by atoms with Crippen LogP contribution in [0.5, 0.6) is 0 Å². The number of nitrogens with one attached hydrogen (secondary N) is 1. The van der Waals surface area contributed by atoms with E-state index in [1.54, 1.807) is 5.56 Å². The fourth-order valence-corrected chi connectivity index (χ4v) is 3.77. The van der Waals surface area contributed by atoms with Gasteiger partial charge in [-0.15, -0.1) is 11.3 Å². The minimum atomic E-state index is 1.03. The topological polar surface area (TPSA) is 23.9 Å². The monoisotopic (exact) mass is 297 g/mol. The average molecular weight is 297 g/mol. The van der Waals surface area contributed by atoms with E-state index in [0.29, 0.717) is 0 Å². The van der Waals surface area contributed by atoms with Gasteiger partial charge in [-0.1, -0.05) is 36.8 Å². The van der Waals surface area contributed by atoms with Gasteiger partial charge in [0.05, 0.1) is 0 Å². The Morgan fingerprint density at radius 3 is 2.71 bits per heavy atom. The zero-order valence-corrected chi connectivity index (χ0v) is 13.9. The number of hydrogen-bond donors (Lipinski definition) is 1. The zero-order valence-electron chi connectivity index (χ0n) is 13.1. The molecule has 0 atom stereocenters. The van der Waals surface area contributed by atoms with Crippen LogP contribution in [0.3, 0.4) is 0 Å². The highest BCUT2D eigenvalue weighted by atomic mass is 32.1.